The maximum atomic E-state index is 11.8. The Balaban J connectivity index is 1.87. The molecule has 7 nitrogen and oxygen atoms in total. The zero-order chi connectivity index (χ0) is 12.8. The molecule has 0 radical (unpaired) electrons. The molecule has 1 aromatic carbocycles. The first-order valence-corrected chi connectivity index (χ1v) is 5.50. The summed E-state index contributed by atoms with van der Waals surface area (Å²) in [7, 11) is 0. The molecule has 1 heterocycles. The monoisotopic (exact) mass is 248 g/mol. The van der Waals surface area contributed by atoms with Gasteiger partial charge in [0.1, 0.15) is 0 Å². The molecular weight excluding hydrogens is 236 g/mol. The molecule has 2 rings (SSSR count). The van der Waals surface area contributed by atoms with E-state index in [2.05, 4.69) is 15.3 Å². The van der Waals surface area contributed by atoms with Crippen LogP contribution in [0.2, 0.25) is 0 Å². The number of azide groups is 1. The first-order chi connectivity index (χ1) is 8.81. The van der Waals surface area contributed by atoms with Gasteiger partial charge in [0.15, 0.2) is 11.5 Å². The number of carbonyl (C=O) groups is 1. The Morgan fingerprint density at radius 2 is 2.28 bits per heavy atom. The fourth-order valence-corrected chi connectivity index (χ4v) is 1.54. The molecule has 1 aliphatic heterocycles. The number of nitrogens with zero attached hydrogens (tertiary/aromatic N) is 3. The normalized spacial score (nSPS) is 11.8. The molecule has 0 aromatic heterocycles. The van der Waals surface area contributed by atoms with Crippen molar-refractivity contribution in [2.75, 3.05) is 19.9 Å². The molecule has 0 saturated heterocycles. The predicted octanol–water partition coefficient (Wildman–Crippen LogP) is 1.85. The molecule has 0 fully saturated rings. The van der Waals surface area contributed by atoms with Gasteiger partial charge in [0.05, 0.1) is 0 Å². The van der Waals surface area contributed by atoms with Crippen LogP contribution in [0.5, 0.6) is 11.5 Å². The molecule has 1 N–H and O–H groups in total. The van der Waals surface area contributed by atoms with Crippen molar-refractivity contribution in [2.24, 2.45) is 5.11 Å². The second kappa shape index (κ2) is 5.79. The van der Waals surface area contributed by atoms with Crippen LogP contribution < -0.4 is 14.8 Å². The van der Waals surface area contributed by atoms with E-state index < -0.39 is 0 Å². The Hall–Kier alpha value is -2.40. The summed E-state index contributed by atoms with van der Waals surface area (Å²) in [5, 5.41) is 6.11. The first kappa shape index (κ1) is 12.1. The molecule has 0 aliphatic carbocycles. The summed E-state index contributed by atoms with van der Waals surface area (Å²) in [5.41, 5.74) is 8.60. The summed E-state index contributed by atoms with van der Waals surface area (Å²) in [5.74, 6) is 1.04. The number of amides is 1. The topological polar surface area (TPSA) is 96.3 Å². The van der Waals surface area contributed by atoms with Gasteiger partial charge in [-0.2, -0.15) is 0 Å². The molecule has 0 saturated carbocycles. The summed E-state index contributed by atoms with van der Waals surface area (Å²) in [6, 6.07) is 5.03. The molecule has 0 unspecified atom stereocenters. The lowest BCUT2D eigenvalue weighted by atomic mass is 10.2. The number of hydrogen-bond donors (Lipinski definition) is 1. The quantitative estimate of drug-likeness (QED) is 0.372. The predicted molar refractivity (Wildman–Crippen MR) is 63.5 cm³/mol. The van der Waals surface area contributed by atoms with E-state index in [-0.39, 0.29) is 12.7 Å². The van der Waals surface area contributed by atoms with Crippen molar-refractivity contribution >= 4 is 5.91 Å². The first-order valence-electron chi connectivity index (χ1n) is 5.50. The summed E-state index contributed by atoms with van der Waals surface area (Å²) in [6.07, 6.45) is 0.611. The molecule has 94 valence electrons. The van der Waals surface area contributed by atoms with Crippen molar-refractivity contribution in [2.45, 2.75) is 6.42 Å². The van der Waals surface area contributed by atoms with Crippen molar-refractivity contribution in [1.29, 1.82) is 0 Å². The summed E-state index contributed by atoms with van der Waals surface area (Å²) in [4.78, 5) is 14.4. The Morgan fingerprint density at radius 1 is 1.44 bits per heavy atom. The minimum Gasteiger partial charge on any atom is -0.454 e. The summed E-state index contributed by atoms with van der Waals surface area (Å²) >= 11 is 0. The fraction of sp³-hybridized carbons (Fsp3) is 0.364. The molecule has 0 spiro atoms. The van der Waals surface area contributed by atoms with Gasteiger partial charge < -0.3 is 14.8 Å². The lowest BCUT2D eigenvalue weighted by Crippen LogP contribution is -2.24. The van der Waals surface area contributed by atoms with Gasteiger partial charge in [0.25, 0.3) is 5.91 Å². The maximum absolute atomic E-state index is 11.8. The number of ether oxygens (including phenoxy) is 2. The smallest absolute Gasteiger partial charge is 0.251 e. The Bertz CT molecular complexity index is 497. The van der Waals surface area contributed by atoms with Crippen LogP contribution in [0.4, 0.5) is 0 Å². The van der Waals surface area contributed by atoms with Gasteiger partial charge in [0.2, 0.25) is 6.79 Å². The van der Waals surface area contributed by atoms with Gasteiger partial charge in [-0.15, -0.1) is 0 Å². The number of fused-ring (bicyclic) bond motifs is 1. The van der Waals surface area contributed by atoms with E-state index >= 15 is 0 Å². The zero-order valence-corrected chi connectivity index (χ0v) is 9.63. The molecule has 1 aromatic rings. The van der Waals surface area contributed by atoms with Crippen LogP contribution in [0.15, 0.2) is 23.3 Å². The highest BCUT2D eigenvalue weighted by Crippen LogP contribution is 2.32. The lowest BCUT2D eigenvalue weighted by molar-refractivity contribution is 0.0953. The minimum absolute atomic E-state index is 0.186. The summed E-state index contributed by atoms with van der Waals surface area (Å²) in [6.45, 7) is 1.02. The van der Waals surface area contributed by atoms with E-state index in [0.29, 0.717) is 36.6 Å². The van der Waals surface area contributed by atoms with Crippen LogP contribution in [0.1, 0.15) is 16.8 Å². The second-order valence-corrected chi connectivity index (χ2v) is 3.63. The van der Waals surface area contributed by atoms with E-state index in [9.17, 15) is 4.79 Å². The van der Waals surface area contributed by atoms with Crippen LogP contribution in [-0.2, 0) is 0 Å². The second-order valence-electron chi connectivity index (χ2n) is 3.63. The van der Waals surface area contributed by atoms with Crippen LogP contribution in [0, 0.1) is 0 Å². The lowest BCUT2D eigenvalue weighted by Gasteiger charge is -2.04. The molecule has 0 atom stereocenters. The molecule has 18 heavy (non-hydrogen) atoms. The number of hydrogen-bond acceptors (Lipinski definition) is 4. The molecular formula is C11H12N4O3. The van der Waals surface area contributed by atoms with Crippen LogP contribution in [-0.4, -0.2) is 25.8 Å². The van der Waals surface area contributed by atoms with E-state index in [1.165, 1.54) is 0 Å². The van der Waals surface area contributed by atoms with Crippen molar-refractivity contribution < 1.29 is 14.3 Å². The van der Waals surface area contributed by atoms with E-state index in [0.717, 1.165) is 0 Å². The molecule has 7 heteroatoms. The van der Waals surface area contributed by atoms with Gasteiger partial charge in [-0.3, -0.25) is 4.79 Å². The van der Waals surface area contributed by atoms with Gasteiger partial charge in [-0.05, 0) is 30.2 Å². The highest BCUT2D eigenvalue weighted by atomic mass is 16.7. The van der Waals surface area contributed by atoms with E-state index in [1.54, 1.807) is 18.2 Å². The highest BCUT2D eigenvalue weighted by molar-refractivity contribution is 5.94. The number of nitrogens with one attached hydrogen (secondary N) is 1. The Labute approximate surface area is 103 Å². The highest BCUT2D eigenvalue weighted by Gasteiger charge is 2.15. The minimum atomic E-state index is -0.186. The Morgan fingerprint density at radius 3 is 3.11 bits per heavy atom. The summed E-state index contributed by atoms with van der Waals surface area (Å²) < 4.78 is 10.3. The molecule has 1 aliphatic rings. The number of rotatable bonds is 5. The van der Waals surface area contributed by atoms with Gasteiger partial charge in [-0.25, -0.2) is 0 Å². The van der Waals surface area contributed by atoms with E-state index in [4.69, 9.17) is 15.0 Å². The average molecular weight is 248 g/mol. The molecule has 1 amide bonds. The van der Waals surface area contributed by atoms with Crippen molar-refractivity contribution in [3.8, 4) is 11.5 Å². The van der Waals surface area contributed by atoms with Crippen LogP contribution >= 0.6 is 0 Å². The third kappa shape index (κ3) is 2.83. The average Bonchev–Trinajstić information content (AvgIpc) is 2.85. The fourth-order valence-electron chi connectivity index (χ4n) is 1.54. The number of carbonyl (C=O) groups excluding carboxylic acids is 1. The number of benzene rings is 1. The van der Waals surface area contributed by atoms with Crippen LogP contribution in [0.3, 0.4) is 0 Å². The van der Waals surface area contributed by atoms with Gasteiger partial charge in [-0.1, -0.05) is 5.11 Å². The van der Waals surface area contributed by atoms with Gasteiger partial charge >= 0.3 is 0 Å². The SMILES string of the molecule is [N-]=[N+]=NCCCNC(=O)c1ccc2c(c1)OCO2. The molecule has 0 bridgehead atoms. The maximum Gasteiger partial charge on any atom is 0.251 e. The zero-order valence-electron chi connectivity index (χ0n) is 9.63. The third-order valence-corrected chi connectivity index (χ3v) is 2.42. The largest absolute Gasteiger partial charge is 0.454 e. The van der Waals surface area contributed by atoms with Crippen molar-refractivity contribution in [3.63, 3.8) is 0 Å². The van der Waals surface area contributed by atoms with E-state index in [1.807, 2.05) is 0 Å². The standard InChI is InChI=1S/C11H12N4O3/c12-15-14-5-1-4-13-11(16)8-2-3-9-10(6-8)18-7-17-9/h2-3,6H,1,4-5,7H2,(H,13,16). The third-order valence-electron chi connectivity index (χ3n) is 2.42. The van der Waals surface area contributed by atoms with Crippen molar-refractivity contribution in [3.05, 3.63) is 34.2 Å². The Kier molecular flexibility index (Phi) is 3.88. The van der Waals surface area contributed by atoms with Crippen molar-refractivity contribution in [1.82, 2.24) is 5.32 Å². The van der Waals surface area contributed by atoms with Crippen LogP contribution in [0.25, 0.3) is 10.4 Å². The van der Waals surface area contributed by atoms with Gasteiger partial charge in [0, 0.05) is 23.6 Å².